The molecule has 0 aliphatic heterocycles. The number of aromatic nitrogens is 3. The second-order valence-corrected chi connectivity index (χ2v) is 5.77. The molecule has 0 saturated heterocycles. The number of thioether (sulfide) groups is 1. The van der Waals surface area contributed by atoms with Crippen LogP contribution in [0.1, 0.15) is 33.2 Å². The molecule has 1 atom stereocenters. The highest BCUT2D eigenvalue weighted by atomic mass is 32.2. The Labute approximate surface area is 118 Å². The summed E-state index contributed by atoms with van der Waals surface area (Å²) in [5.74, 6) is 0.600. The van der Waals surface area contributed by atoms with Crippen molar-refractivity contribution < 1.29 is 9.90 Å². The molecule has 1 amide bonds. The molecule has 0 spiro atoms. The van der Waals surface area contributed by atoms with E-state index >= 15 is 0 Å². The number of rotatable bonds is 8. The van der Waals surface area contributed by atoms with Gasteiger partial charge in [-0.3, -0.25) is 4.79 Å². The molecular weight excluding hydrogens is 264 g/mol. The molecule has 6 nitrogen and oxygen atoms in total. The highest BCUT2D eigenvalue weighted by Crippen LogP contribution is 2.18. The Morgan fingerprint density at radius 3 is 2.89 bits per heavy atom. The molecule has 0 saturated carbocycles. The predicted octanol–water partition coefficient (Wildman–Crippen LogP) is 1.09. The third-order valence-electron chi connectivity index (χ3n) is 2.70. The van der Waals surface area contributed by atoms with Crippen LogP contribution in [0, 0.1) is 5.92 Å². The lowest BCUT2D eigenvalue weighted by atomic mass is 10.1. The van der Waals surface area contributed by atoms with Gasteiger partial charge in [0, 0.05) is 19.2 Å². The number of hydrogen-bond acceptors (Lipinski definition) is 5. The lowest BCUT2D eigenvalue weighted by Crippen LogP contribution is -2.30. The van der Waals surface area contributed by atoms with Crippen molar-refractivity contribution in [1.29, 1.82) is 0 Å². The van der Waals surface area contributed by atoms with Crippen LogP contribution in [-0.4, -0.2) is 44.7 Å². The smallest absolute Gasteiger partial charge is 0.230 e. The van der Waals surface area contributed by atoms with Crippen LogP contribution >= 0.6 is 11.8 Å². The Morgan fingerprint density at radius 2 is 2.26 bits per heavy atom. The van der Waals surface area contributed by atoms with E-state index in [0.717, 1.165) is 5.16 Å². The maximum absolute atomic E-state index is 11.7. The predicted molar refractivity (Wildman–Crippen MR) is 75.0 cm³/mol. The lowest BCUT2D eigenvalue weighted by molar-refractivity contribution is -0.118. The van der Waals surface area contributed by atoms with E-state index in [-0.39, 0.29) is 18.6 Å². The van der Waals surface area contributed by atoms with Crippen molar-refractivity contribution in [2.24, 2.45) is 5.92 Å². The molecule has 1 heterocycles. The van der Waals surface area contributed by atoms with Crippen molar-refractivity contribution in [3.8, 4) is 0 Å². The van der Waals surface area contributed by atoms with Gasteiger partial charge in [0.25, 0.3) is 0 Å². The van der Waals surface area contributed by atoms with Crippen LogP contribution in [0.3, 0.4) is 0 Å². The van der Waals surface area contributed by atoms with Gasteiger partial charge in [0.1, 0.15) is 6.33 Å². The first-order chi connectivity index (χ1) is 9.04. The summed E-state index contributed by atoms with van der Waals surface area (Å²) in [6.07, 6.45) is 2.38. The van der Waals surface area contributed by atoms with E-state index in [1.807, 2.05) is 25.3 Å². The molecule has 108 valence electrons. The molecule has 19 heavy (non-hydrogen) atoms. The molecular formula is C12H22N4O2S. The zero-order valence-electron chi connectivity index (χ0n) is 11.7. The van der Waals surface area contributed by atoms with Crippen LogP contribution in [0.2, 0.25) is 0 Å². The van der Waals surface area contributed by atoms with Crippen molar-refractivity contribution in [2.45, 2.75) is 38.4 Å². The van der Waals surface area contributed by atoms with Crippen LogP contribution < -0.4 is 5.32 Å². The number of aliphatic hydroxyl groups excluding tert-OH is 1. The molecule has 1 rings (SSSR count). The van der Waals surface area contributed by atoms with Crippen LogP contribution in [0.25, 0.3) is 0 Å². The standard InChI is InChI=1S/C12H22N4O2S/c1-9(2)16-8-14-15-12(16)19-7-11(18)13-6-10(3)4-5-17/h8-10,17H,4-7H2,1-3H3,(H,13,18). The summed E-state index contributed by atoms with van der Waals surface area (Å²) < 4.78 is 1.94. The summed E-state index contributed by atoms with van der Waals surface area (Å²) >= 11 is 1.38. The SMILES string of the molecule is CC(CCO)CNC(=O)CSc1nncn1C(C)C. The van der Waals surface area contributed by atoms with Crippen molar-refractivity contribution in [3.63, 3.8) is 0 Å². The molecule has 0 aliphatic carbocycles. The second kappa shape index (κ2) is 8.16. The summed E-state index contributed by atoms with van der Waals surface area (Å²) in [5, 5.41) is 20.2. The Kier molecular flexibility index (Phi) is 6.86. The molecule has 2 N–H and O–H groups in total. The monoisotopic (exact) mass is 286 g/mol. The molecule has 1 aromatic rings. The average molecular weight is 286 g/mol. The fourth-order valence-corrected chi connectivity index (χ4v) is 2.36. The molecule has 0 radical (unpaired) electrons. The third kappa shape index (κ3) is 5.61. The first kappa shape index (κ1) is 16.0. The minimum Gasteiger partial charge on any atom is -0.396 e. The first-order valence-corrected chi connectivity index (χ1v) is 7.43. The van der Waals surface area contributed by atoms with Gasteiger partial charge in [-0.2, -0.15) is 0 Å². The number of amides is 1. The van der Waals surface area contributed by atoms with E-state index in [4.69, 9.17) is 5.11 Å². The van der Waals surface area contributed by atoms with E-state index in [0.29, 0.717) is 24.6 Å². The van der Waals surface area contributed by atoms with Gasteiger partial charge in [0.05, 0.1) is 5.75 Å². The van der Waals surface area contributed by atoms with Crippen molar-refractivity contribution in [3.05, 3.63) is 6.33 Å². The van der Waals surface area contributed by atoms with Gasteiger partial charge in [-0.25, -0.2) is 0 Å². The molecule has 0 bridgehead atoms. The van der Waals surface area contributed by atoms with E-state index in [1.54, 1.807) is 6.33 Å². The van der Waals surface area contributed by atoms with Crippen molar-refractivity contribution in [2.75, 3.05) is 18.9 Å². The number of carbonyl (C=O) groups is 1. The van der Waals surface area contributed by atoms with Crippen LogP contribution in [0.4, 0.5) is 0 Å². The van der Waals surface area contributed by atoms with Crippen molar-refractivity contribution in [1.82, 2.24) is 20.1 Å². The van der Waals surface area contributed by atoms with Gasteiger partial charge in [0.15, 0.2) is 5.16 Å². The van der Waals surface area contributed by atoms with Gasteiger partial charge in [0.2, 0.25) is 5.91 Å². The Bertz CT molecular complexity index is 395. The zero-order chi connectivity index (χ0) is 14.3. The molecule has 7 heteroatoms. The van der Waals surface area contributed by atoms with E-state index in [1.165, 1.54) is 11.8 Å². The van der Waals surface area contributed by atoms with Gasteiger partial charge >= 0.3 is 0 Å². The summed E-state index contributed by atoms with van der Waals surface area (Å²) in [6.45, 7) is 6.84. The van der Waals surface area contributed by atoms with Gasteiger partial charge in [-0.1, -0.05) is 18.7 Å². The normalized spacial score (nSPS) is 12.7. The Balaban J connectivity index is 2.32. The lowest BCUT2D eigenvalue weighted by Gasteiger charge is -2.11. The number of nitrogens with zero attached hydrogens (tertiary/aromatic N) is 3. The number of carbonyl (C=O) groups excluding carboxylic acids is 1. The van der Waals surface area contributed by atoms with E-state index in [9.17, 15) is 4.79 Å². The second-order valence-electron chi connectivity index (χ2n) is 4.82. The Hall–Kier alpha value is -1.08. The van der Waals surface area contributed by atoms with Crippen LogP contribution in [-0.2, 0) is 4.79 Å². The summed E-state index contributed by atoms with van der Waals surface area (Å²) in [4.78, 5) is 11.7. The summed E-state index contributed by atoms with van der Waals surface area (Å²) in [7, 11) is 0. The number of aliphatic hydroxyl groups is 1. The van der Waals surface area contributed by atoms with Crippen LogP contribution in [0.15, 0.2) is 11.5 Å². The highest BCUT2D eigenvalue weighted by molar-refractivity contribution is 7.99. The molecule has 0 aliphatic rings. The maximum atomic E-state index is 11.7. The molecule has 0 fully saturated rings. The van der Waals surface area contributed by atoms with Gasteiger partial charge in [-0.05, 0) is 26.2 Å². The largest absolute Gasteiger partial charge is 0.396 e. The topological polar surface area (TPSA) is 80.0 Å². The highest BCUT2D eigenvalue weighted by Gasteiger charge is 2.11. The summed E-state index contributed by atoms with van der Waals surface area (Å²) in [5.41, 5.74) is 0. The van der Waals surface area contributed by atoms with Gasteiger partial charge in [-0.15, -0.1) is 10.2 Å². The quantitative estimate of drug-likeness (QED) is 0.699. The number of nitrogens with one attached hydrogen (secondary N) is 1. The minimum atomic E-state index is -0.0203. The number of hydrogen-bond donors (Lipinski definition) is 2. The molecule has 1 unspecified atom stereocenters. The first-order valence-electron chi connectivity index (χ1n) is 6.44. The molecule has 1 aromatic heterocycles. The fraction of sp³-hybridized carbons (Fsp3) is 0.750. The summed E-state index contributed by atoms with van der Waals surface area (Å²) in [6, 6.07) is 0.283. The Morgan fingerprint density at radius 1 is 1.53 bits per heavy atom. The third-order valence-corrected chi connectivity index (χ3v) is 3.66. The van der Waals surface area contributed by atoms with Crippen LogP contribution in [0.5, 0.6) is 0 Å². The van der Waals surface area contributed by atoms with Crippen molar-refractivity contribution >= 4 is 17.7 Å². The molecule has 0 aromatic carbocycles. The van der Waals surface area contributed by atoms with E-state index < -0.39 is 0 Å². The van der Waals surface area contributed by atoms with E-state index in [2.05, 4.69) is 15.5 Å². The zero-order valence-corrected chi connectivity index (χ0v) is 12.5. The minimum absolute atomic E-state index is 0.0203. The van der Waals surface area contributed by atoms with Gasteiger partial charge < -0.3 is 15.0 Å². The maximum Gasteiger partial charge on any atom is 0.230 e. The fourth-order valence-electron chi connectivity index (χ4n) is 1.48. The average Bonchev–Trinajstić information content (AvgIpc) is 2.82.